The highest BCUT2D eigenvalue weighted by molar-refractivity contribution is 6.10. The first-order valence-electron chi connectivity index (χ1n) is 37.9. The summed E-state index contributed by atoms with van der Waals surface area (Å²) in [6, 6.07) is 152. The van der Waals surface area contributed by atoms with E-state index in [0.29, 0.717) is 0 Å². The Morgan fingerprint density at radius 3 is 0.927 bits per heavy atom. The molecule has 0 spiro atoms. The Balaban J connectivity index is 0.000000116. The Bertz CT molecular complexity index is 5970. The van der Waals surface area contributed by atoms with Crippen LogP contribution in [0.3, 0.4) is 0 Å². The van der Waals surface area contributed by atoms with E-state index in [1.54, 1.807) is 0 Å². The largest absolute Gasteiger partial charge is 0.356 e. The van der Waals surface area contributed by atoms with Gasteiger partial charge in [-0.3, -0.25) is 0 Å². The lowest BCUT2D eigenvalue weighted by molar-refractivity contribution is 0.768. The van der Waals surface area contributed by atoms with Crippen molar-refractivity contribution in [3.63, 3.8) is 0 Å². The average molecular weight is 1400 g/mol. The summed E-state index contributed by atoms with van der Waals surface area (Å²) in [7, 11) is 0. The van der Waals surface area contributed by atoms with E-state index < -0.39 is 5.41 Å². The second kappa shape index (κ2) is 28.7. The first kappa shape index (κ1) is 67.3. The maximum atomic E-state index is 3.82. The lowest BCUT2D eigenvalue weighted by Gasteiger charge is -2.34. The minimum atomic E-state index is -0.438. The normalized spacial score (nSPS) is 13.1. The van der Waals surface area contributed by atoms with Crippen LogP contribution in [0.1, 0.15) is 83.5 Å². The molecule has 3 aliphatic carbocycles. The number of anilines is 6. The number of benzene rings is 17. The van der Waals surface area contributed by atoms with Crippen LogP contribution >= 0.6 is 0 Å². The van der Waals surface area contributed by atoms with Crippen molar-refractivity contribution in [1.82, 2.24) is 0 Å². The molecular formula is C106H81N3. The van der Waals surface area contributed by atoms with Gasteiger partial charge >= 0.3 is 0 Å². The Hall–Kier alpha value is -13.6. The van der Waals surface area contributed by atoms with Crippen LogP contribution in [0.5, 0.6) is 0 Å². The topological polar surface area (TPSA) is 36.1 Å². The highest BCUT2D eigenvalue weighted by Gasteiger charge is 2.49. The highest BCUT2D eigenvalue weighted by atomic mass is 14.9. The number of hydrogen-bond acceptors (Lipinski definition) is 3. The number of rotatable bonds is 13. The van der Waals surface area contributed by atoms with Crippen molar-refractivity contribution >= 4 is 44.9 Å². The predicted octanol–water partition coefficient (Wildman–Crippen LogP) is 27.1. The molecule has 0 fully saturated rings. The van der Waals surface area contributed by atoms with E-state index in [0.717, 1.165) is 34.1 Å². The predicted molar refractivity (Wildman–Crippen MR) is 458 cm³/mol. The maximum absolute atomic E-state index is 3.82. The summed E-state index contributed by atoms with van der Waals surface area (Å²) in [5.41, 5.74) is 35.1. The Morgan fingerprint density at radius 1 is 0.183 bits per heavy atom. The minimum absolute atomic E-state index is 0.362. The monoisotopic (exact) mass is 1400 g/mol. The highest BCUT2D eigenvalue weighted by Crippen LogP contribution is 2.61. The van der Waals surface area contributed by atoms with E-state index >= 15 is 0 Å². The van der Waals surface area contributed by atoms with Gasteiger partial charge in [-0.15, -0.1) is 0 Å². The Labute approximate surface area is 640 Å². The summed E-state index contributed by atoms with van der Waals surface area (Å²) < 4.78 is 0. The number of aryl methyl sites for hydroxylation is 3. The molecule has 17 aromatic rings. The van der Waals surface area contributed by atoms with E-state index in [2.05, 4.69) is 449 Å². The third-order valence-corrected chi connectivity index (χ3v) is 22.6. The molecule has 3 nitrogen and oxygen atoms in total. The van der Waals surface area contributed by atoms with Crippen molar-refractivity contribution in [2.24, 2.45) is 0 Å². The molecule has 3 N–H and O–H groups in total. The molecule has 0 aromatic heterocycles. The number of hydrogen-bond donors (Lipinski definition) is 3. The summed E-state index contributed by atoms with van der Waals surface area (Å²) in [6.45, 7) is 6.42. The molecule has 0 bridgehead atoms. The van der Waals surface area contributed by atoms with Gasteiger partial charge in [0.1, 0.15) is 0 Å². The van der Waals surface area contributed by atoms with Crippen LogP contribution in [0, 0.1) is 20.8 Å². The van der Waals surface area contributed by atoms with Gasteiger partial charge in [0.05, 0.1) is 16.2 Å². The zero-order chi connectivity index (χ0) is 73.3. The third-order valence-electron chi connectivity index (χ3n) is 22.6. The molecule has 0 radical (unpaired) electrons. The van der Waals surface area contributed by atoms with Crippen molar-refractivity contribution in [3.8, 4) is 44.5 Å². The standard InChI is InChI=1S/C41H29N.C33H27N.C32H25N/c1-4-14-29(15-5-1)30-24-26-33(27-25-30)42-39-28-38-40(35-21-11-10-20-34(35)39)36-22-12-13-23-37(36)41(38,31-16-6-2-7-17-31)32-18-8-3-9-19-32;1-23-12-16-25(17-13-23)33(26-18-14-24(2)15-19-26)31-11-7-6-10-29(31)30-21-20-28(22-32(30)33)34-27-8-4-3-5-9-27;1-23-16-18-26(19-17-23)33-27-20-21-29-28-14-8-9-15-30(28)32(31(29)22-27,24-10-4-2-5-11-24)25-12-6-3-7-13-25/h1-28,42H;3-22,34H,1-2H3;2-22,33H,1H3. The van der Waals surface area contributed by atoms with Gasteiger partial charge in [0.25, 0.3) is 0 Å². The molecule has 0 heterocycles. The van der Waals surface area contributed by atoms with Gasteiger partial charge < -0.3 is 16.0 Å². The lowest BCUT2D eigenvalue weighted by atomic mass is 9.67. The Kier molecular flexibility index (Phi) is 17.7. The van der Waals surface area contributed by atoms with Crippen molar-refractivity contribution in [2.45, 2.75) is 37.0 Å². The summed E-state index contributed by atoms with van der Waals surface area (Å²) in [5.74, 6) is 0. The molecule has 0 atom stereocenters. The first-order chi connectivity index (χ1) is 53.8. The molecule has 0 aliphatic heterocycles. The van der Waals surface area contributed by atoms with Crippen molar-refractivity contribution in [3.05, 3.63) is 502 Å². The second-order valence-corrected chi connectivity index (χ2v) is 29.0. The molecule has 3 heteroatoms. The first-order valence-corrected chi connectivity index (χ1v) is 37.9. The molecule has 0 saturated carbocycles. The number of fused-ring (bicyclic) bond motifs is 11. The quantitative estimate of drug-likeness (QED) is 0.108. The van der Waals surface area contributed by atoms with E-state index in [4.69, 9.17) is 0 Å². The lowest BCUT2D eigenvalue weighted by Crippen LogP contribution is -2.28. The van der Waals surface area contributed by atoms with Gasteiger partial charge in [-0.05, 0) is 204 Å². The van der Waals surface area contributed by atoms with Crippen LogP contribution in [0.2, 0.25) is 0 Å². The van der Waals surface area contributed by atoms with Gasteiger partial charge in [0, 0.05) is 39.5 Å². The molecule has 20 rings (SSSR count). The van der Waals surface area contributed by atoms with E-state index in [1.807, 2.05) is 6.07 Å². The van der Waals surface area contributed by atoms with Crippen LogP contribution < -0.4 is 16.0 Å². The zero-order valence-electron chi connectivity index (χ0n) is 61.3. The van der Waals surface area contributed by atoms with E-state index in [1.165, 1.54) is 139 Å². The number of para-hydroxylation sites is 1. The molecule has 3 aliphatic rings. The number of nitrogens with one attached hydrogen (secondary N) is 3. The van der Waals surface area contributed by atoms with E-state index in [9.17, 15) is 0 Å². The second-order valence-electron chi connectivity index (χ2n) is 29.0. The minimum Gasteiger partial charge on any atom is -0.356 e. The summed E-state index contributed by atoms with van der Waals surface area (Å²) >= 11 is 0. The SMILES string of the molecule is Cc1ccc(C2(c3ccc(C)cc3)c3ccccc3-c3ccc(Nc4ccccc4)cc32)cc1.Cc1ccc(Nc2ccc3c(c2)C(c2ccccc2)(c2ccccc2)c2ccccc2-3)cc1.c1ccc(-c2ccc(Nc3cc4c(c5ccccc35)-c3ccccc3C4(c3ccccc3)c3ccccc3)cc2)cc1. The van der Waals surface area contributed by atoms with Crippen LogP contribution in [-0.4, -0.2) is 0 Å². The van der Waals surface area contributed by atoms with E-state index in [-0.39, 0.29) is 10.8 Å². The van der Waals surface area contributed by atoms with Gasteiger partial charge in [0.2, 0.25) is 0 Å². The fourth-order valence-corrected chi connectivity index (χ4v) is 17.7. The molecular weight excluding hydrogens is 1320 g/mol. The smallest absolute Gasteiger partial charge is 0.0714 e. The van der Waals surface area contributed by atoms with Crippen LogP contribution in [0.15, 0.2) is 419 Å². The van der Waals surface area contributed by atoms with Gasteiger partial charge in [-0.1, -0.05) is 369 Å². The summed E-state index contributed by atoms with van der Waals surface area (Å²) in [6.07, 6.45) is 0. The fourth-order valence-electron chi connectivity index (χ4n) is 17.7. The Morgan fingerprint density at radius 2 is 0.477 bits per heavy atom. The summed E-state index contributed by atoms with van der Waals surface area (Å²) in [5, 5.41) is 13.6. The van der Waals surface area contributed by atoms with Crippen molar-refractivity contribution < 1.29 is 0 Å². The molecule has 520 valence electrons. The zero-order valence-corrected chi connectivity index (χ0v) is 61.3. The third kappa shape index (κ3) is 11.9. The molecule has 0 amide bonds. The van der Waals surface area contributed by atoms with Gasteiger partial charge in [-0.25, -0.2) is 0 Å². The molecule has 0 saturated heterocycles. The van der Waals surface area contributed by atoms with Crippen molar-refractivity contribution in [1.29, 1.82) is 0 Å². The van der Waals surface area contributed by atoms with Crippen LogP contribution in [0.25, 0.3) is 55.3 Å². The molecule has 0 unspecified atom stereocenters. The average Bonchev–Trinajstić information content (AvgIpc) is 1.55. The summed E-state index contributed by atoms with van der Waals surface area (Å²) in [4.78, 5) is 0. The molecule has 17 aromatic carbocycles. The van der Waals surface area contributed by atoms with Crippen LogP contribution in [-0.2, 0) is 16.2 Å². The van der Waals surface area contributed by atoms with Crippen LogP contribution in [0.4, 0.5) is 34.1 Å². The van der Waals surface area contributed by atoms with Gasteiger partial charge in [-0.2, -0.15) is 0 Å². The fraction of sp³-hybridized carbons (Fsp3) is 0.0566. The van der Waals surface area contributed by atoms with Crippen molar-refractivity contribution in [2.75, 3.05) is 16.0 Å². The maximum Gasteiger partial charge on any atom is 0.0714 e. The molecule has 109 heavy (non-hydrogen) atoms. The van der Waals surface area contributed by atoms with Gasteiger partial charge in [0.15, 0.2) is 0 Å².